The lowest BCUT2D eigenvalue weighted by Gasteiger charge is -2.16. The summed E-state index contributed by atoms with van der Waals surface area (Å²) in [6, 6.07) is 13.7. The number of esters is 1. The number of carbonyl (C=O) groups excluding carboxylic acids is 1. The normalized spacial score (nSPS) is 23.7. The Bertz CT molecular complexity index is 906. The number of hydrogen-bond acceptors (Lipinski definition) is 5. The van der Waals surface area contributed by atoms with Gasteiger partial charge in [0.15, 0.2) is 11.9 Å². The van der Waals surface area contributed by atoms with E-state index in [9.17, 15) is 9.90 Å². The molecule has 1 aliphatic heterocycles. The van der Waals surface area contributed by atoms with Gasteiger partial charge in [-0.25, -0.2) is 4.79 Å². The molecular weight excluding hydrogens is 377 g/mol. The minimum atomic E-state index is -0.938. The van der Waals surface area contributed by atoms with Gasteiger partial charge >= 0.3 is 5.97 Å². The van der Waals surface area contributed by atoms with Gasteiger partial charge in [-0.15, -0.1) is 0 Å². The number of fused-ring (bicyclic) bond motifs is 1. The molecule has 132 valence electrons. The standard InChI is InChI=1S/C19H13Cl2NO4/c20-11-7-4-8-12(21)15(11)17-16-13(23)9-14(18(16)26-22-17)25-19(24)10-5-2-1-3-6-10/h1-9,13,16,18,23H/t13-,16+,18+/m0/s1. The first kappa shape index (κ1) is 17.1. The van der Waals surface area contributed by atoms with Crippen LogP contribution in [-0.4, -0.2) is 29.0 Å². The van der Waals surface area contributed by atoms with Crippen molar-refractivity contribution in [3.8, 4) is 0 Å². The fourth-order valence-electron chi connectivity index (χ4n) is 3.11. The van der Waals surface area contributed by atoms with E-state index in [1.807, 2.05) is 0 Å². The smallest absolute Gasteiger partial charge is 0.343 e. The Morgan fingerprint density at radius 2 is 1.77 bits per heavy atom. The van der Waals surface area contributed by atoms with Crippen LogP contribution < -0.4 is 0 Å². The lowest BCUT2D eigenvalue weighted by atomic mass is 9.91. The van der Waals surface area contributed by atoms with Crippen LogP contribution in [0, 0.1) is 5.92 Å². The van der Waals surface area contributed by atoms with Gasteiger partial charge in [0.2, 0.25) is 0 Å². The molecule has 2 aromatic carbocycles. The molecule has 5 nitrogen and oxygen atoms in total. The second kappa shape index (κ2) is 6.76. The van der Waals surface area contributed by atoms with Gasteiger partial charge in [-0.3, -0.25) is 0 Å². The van der Waals surface area contributed by atoms with E-state index < -0.39 is 24.1 Å². The molecule has 7 heteroatoms. The summed E-state index contributed by atoms with van der Waals surface area (Å²) >= 11 is 12.5. The lowest BCUT2D eigenvalue weighted by molar-refractivity contribution is 0.0262. The van der Waals surface area contributed by atoms with Crippen LogP contribution in [0.3, 0.4) is 0 Å². The molecule has 1 N–H and O–H groups in total. The number of benzene rings is 2. The third-order valence-electron chi connectivity index (χ3n) is 4.33. The Labute approximate surface area is 159 Å². The Morgan fingerprint density at radius 3 is 2.46 bits per heavy atom. The van der Waals surface area contributed by atoms with Crippen molar-refractivity contribution in [2.75, 3.05) is 0 Å². The van der Waals surface area contributed by atoms with Crippen LogP contribution in [0.1, 0.15) is 15.9 Å². The number of oxime groups is 1. The SMILES string of the molecule is O=C(OC1=C[C@H](O)[C@@H]2C(c3c(Cl)cccc3Cl)=NO[C@H]12)c1ccccc1. The van der Waals surface area contributed by atoms with Crippen LogP contribution in [0.2, 0.25) is 10.0 Å². The Kier molecular flexibility index (Phi) is 4.44. The Morgan fingerprint density at radius 1 is 1.08 bits per heavy atom. The van der Waals surface area contributed by atoms with Crippen molar-refractivity contribution >= 4 is 34.9 Å². The molecule has 0 radical (unpaired) electrons. The second-order valence-corrected chi connectivity index (χ2v) is 6.75. The number of hydrogen-bond donors (Lipinski definition) is 1. The molecule has 0 fully saturated rings. The van der Waals surface area contributed by atoms with Crippen molar-refractivity contribution in [3.05, 3.63) is 81.5 Å². The number of ether oxygens (including phenoxy) is 1. The highest BCUT2D eigenvalue weighted by Gasteiger charge is 2.49. The van der Waals surface area contributed by atoms with Crippen LogP contribution in [0.15, 0.2) is 65.5 Å². The minimum absolute atomic E-state index is 0.221. The first-order valence-corrected chi connectivity index (χ1v) is 8.67. The molecule has 26 heavy (non-hydrogen) atoms. The maximum absolute atomic E-state index is 12.3. The fraction of sp³-hybridized carbons (Fsp3) is 0.158. The van der Waals surface area contributed by atoms with Crippen LogP contribution >= 0.6 is 23.2 Å². The second-order valence-electron chi connectivity index (χ2n) is 5.94. The zero-order valence-electron chi connectivity index (χ0n) is 13.3. The summed E-state index contributed by atoms with van der Waals surface area (Å²) in [6.07, 6.45) is -0.192. The van der Waals surface area contributed by atoms with Crippen molar-refractivity contribution in [2.45, 2.75) is 12.2 Å². The fourth-order valence-corrected chi connectivity index (χ4v) is 3.70. The van der Waals surface area contributed by atoms with Crippen molar-refractivity contribution in [1.82, 2.24) is 0 Å². The maximum atomic E-state index is 12.3. The molecule has 0 bridgehead atoms. The van der Waals surface area contributed by atoms with Gasteiger partial charge in [0.1, 0.15) is 5.71 Å². The molecule has 0 amide bonds. The van der Waals surface area contributed by atoms with E-state index >= 15 is 0 Å². The lowest BCUT2D eigenvalue weighted by Crippen LogP contribution is -2.30. The van der Waals surface area contributed by atoms with Crippen molar-refractivity contribution < 1.29 is 19.5 Å². The van der Waals surface area contributed by atoms with Gasteiger partial charge in [-0.1, -0.05) is 52.6 Å². The topological polar surface area (TPSA) is 68.1 Å². The highest BCUT2D eigenvalue weighted by molar-refractivity contribution is 6.40. The zero-order valence-corrected chi connectivity index (χ0v) is 14.8. The van der Waals surface area contributed by atoms with Crippen LogP contribution in [0.4, 0.5) is 0 Å². The molecular formula is C19H13Cl2NO4. The van der Waals surface area contributed by atoms with Gasteiger partial charge in [-0.2, -0.15) is 0 Å². The van der Waals surface area contributed by atoms with E-state index in [1.54, 1.807) is 48.5 Å². The number of aliphatic hydroxyl groups is 1. The summed E-state index contributed by atoms with van der Waals surface area (Å²) in [5.41, 5.74) is 1.34. The Balaban J connectivity index is 1.58. The third kappa shape index (κ3) is 2.88. The molecule has 0 saturated heterocycles. The van der Waals surface area contributed by atoms with E-state index in [-0.39, 0.29) is 5.76 Å². The van der Waals surface area contributed by atoms with Crippen molar-refractivity contribution in [3.63, 3.8) is 0 Å². The summed E-state index contributed by atoms with van der Waals surface area (Å²) in [7, 11) is 0. The first-order valence-electron chi connectivity index (χ1n) is 7.91. The molecule has 1 heterocycles. The average molecular weight is 390 g/mol. The molecule has 0 spiro atoms. The van der Waals surface area contributed by atoms with E-state index in [2.05, 4.69) is 5.16 Å². The zero-order chi connectivity index (χ0) is 18.3. The van der Waals surface area contributed by atoms with Crippen LogP contribution in [-0.2, 0) is 9.57 Å². The number of halogens is 2. The predicted molar refractivity (Wildman–Crippen MR) is 97.3 cm³/mol. The largest absolute Gasteiger partial charge is 0.424 e. The van der Waals surface area contributed by atoms with E-state index in [0.29, 0.717) is 26.9 Å². The molecule has 1 aliphatic carbocycles. The van der Waals surface area contributed by atoms with Gasteiger partial charge in [-0.05, 0) is 30.3 Å². The van der Waals surface area contributed by atoms with Gasteiger partial charge < -0.3 is 14.7 Å². The molecule has 0 aromatic heterocycles. The predicted octanol–water partition coefficient (Wildman–Crippen LogP) is 3.83. The van der Waals surface area contributed by atoms with Crippen LogP contribution in [0.25, 0.3) is 0 Å². The van der Waals surface area contributed by atoms with E-state index in [0.717, 1.165) is 0 Å². The quantitative estimate of drug-likeness (QED) is 0.809. The summed E-state index contributed by atoms with van der Waals surface area (Å²) < 4.78 is 5.42. The molecule has 3 atom stereocenters. The molecule has 0 saturated carbocycles. The van der Waals surface area contributed by atoms with Gasteiger partial charge in [0, 0.05) is 5.56 Å². The summed E-state index contributed by atoms with van der Waals surface area (Å²) in [6.45, 7) is 0. The van der Waals surface area contributed by atoms with E-state index in [1.165, 1.54) is 6.08 Å². The minimum Gasteiger partial charge on any atom is -0.424 e. The van der Waals surface area contributed by atoms with Gasteiger partial charge in [0.25, 0.3) is 0 Å². The van der Waals surface area contributed by atoms with E-state index in [4.69, 9.17) is 32.8 Å². The van der Waals surface area contributed by atoms with Crippen LogP contribution in [0.5, 0.6) is 0 Å². The van der Waals surface area contributed by atoms with Crippen molar-refractivity contribution in [2.24, 2.45) is 11.1 Å². The Hall–Kier alpha value is -2.34. The highest BCUT2D eigenvalue weighted by atomic mass is 35.5. The third-order valence-corrected chi connectivity index (χ3v) is 4.96. The monoisotopic (exact) mass is 389 g/mol. The highest BCUT2D eigenvalue weighted by Crippen LogP contribution is 2.40. The summed E-state index contributed by atoms with van der Waals surface area (Å²) in [5.74, 6) is -0.859. The summed E-state index contributed by atoms with van der Waals surface area (Å²) in [4.78, 5) is 17.7. The van der Waals surface area contributed by atoms with Gasteiger partial charge in [0.05, 0.1) is 27.6 Å². The number of aliphatic hydroxyl groups excluding tert-OH is 1. The number of carbonyl (C=O) groups is 1. The summed E-state index contributed by atoms with van der Waals surface area (Å²) in [5, 5.41) is 15.3. The number of rotatable bonds is 3. The molecule has 0 unspecified atom stereocenters. The molecule has 4 rings (SSSR count). The average Bonchev–Trinajstić information content (AvgIpc) is 3.18. The molecule has 2 aliphatic rings. The maximum Gasteiger partial charge on any atom is 0.343 e. The molecule has 2 aromatic rings. The van der Waals surface area contributed by atoms with Crippen molar-refractivity contribution in [1.29, 1.82) is 0 Å². The number of nitrogens with zero attached hydrogens (tertiary/aromatic N) is 1. The first-order chi connectivity index (χ1) is 12.6.